The zero-order valence-corrected chi connectivity index (χ0v) is 19.5. The van der Waals surface area contributed by atoms with E-state index < -0.39 is 29.7 Å². The fourth-order valence-electron chi connectivity index (χ4n) is 4.48. The minimum absolute atomic E-state index is 0.0276. The number of carbonyl (C=O) groups excluding carboxylic acids is 1. The van der Waals surface area contributed by atoms with Crippen molar-refractivity contribution in [1.29, 1.82) is 0 Å². The van der Waals surface area contributed by atoms with Gasteiger partial charge in [0.2, 0.25) is 0 Å². The highest BCUT2D eigenvalue weighted by molar-refractivity contribution is 6.03. The Labute approximate surface area is 203 Å². The van der Waals surface area contributed by atoms with E-state index in [1.54, 1.807) is 73.3 Å². The second kappa shape index (κ2) is 8.74. The van der Waals surface area contributed by atoms with Gasteiger partial charge in [-0.15, -0.1) is 0 Å². The van der Waals surface area contributed by atoms with Gasteiger partial charge in [-0.25, -0.2) is 9.36 Å². The number of anilines is 2. The molecule has 0 spiro atoms. The first kappa shape index (κ1) is 23.5. The van der Waals surface area contributed by atoms with Gasteiger partial charge in [-0.05, 0) is 24.6 Å². The predicted octanol–water partition coefficient (Wildman–Crippen LogP) is 4.59. The lowest BCUT2D eigenvalue weighted by molar-refractivity contribution is -0.173. The molecule has 1 aliphatic heterocycles. The van der Waals surface area contributed by atoms with Gasteiger partial charge in [-0.2, -0.15) is 18.3 Å². The summed E-state index contributed by atoms with van der Waals surface area (Å²) >= 11 is 0. The Bertz CT molecular complexity index is 1470. The second-order valence-electron chi connectivity index (χ2n) is 8.65. The number of hydrogen-bond donors (Lipinski definition) is 2. The fourth-order valence-corrected chi connectivity index (χ4v) is 4.48. The summed E-state index contributed by atoms with van der Waals surface area (Å²) in [7, 11) is 1.68. The Morgan fingerprint density at radius 3 is 2.36 bits per heavy atom. The van der Waals surface area contributed by atoms with E-state index in [9.17, 15) is 22.8 Å². The van der Waals surface area contributed by atoms with Crippen LogP contribution in [0.2, 0.25) is 0 Å². The molecule has 36 heavy (non-hydrogen) atoms. The van der Waals surface area contributed by atoms with Crippen molar-refractivity contribution in [3.05, 3.63) is 94.0 Å². The van der Waals surface area contributed by atoms with Crippen LogP contribution in [0.25, 0.3) is 5.69 Å². The zero-order chi connectivity index (χ0) is 25.6. The zero-order valence-electron chi connectivity index (χ0n) is 19.5. The summed E-state index contributed by atoms with van der Waals surface area (Å²) in [6, 6.07) is 16.5. The molecule has 186 valence electrons. The summed E-state index contributed by atoms with van der Waals surface area (Å²) in [4.78, 5) is 26.1. The first-order valence-corrected chi connectivity index (χ1v) is 11.3. The molecule has 0 bridgehead atoms. The van der Waals surface area contributed by atoms with Crippen molar-refractivity contribution in [2.75, 3.05) is 10.6 Å². The van der Waals surface area contributed by atoms with Crippen molar-refractivity contribution in [3.8, 4) is 5.69 Å². The lowest BCUT2D eigenvalue weighted by Gasteiger charge is -2.33. The molecule has 2 N–H and O–H groups in total. The van der Waals surface area contributed by atoms with Gasteiger partial charge < -0.3 is 10.6 Å². The van der Waals surface area contributed by atoms with Crippen molar-refractivity contribution in [3.63, 3.8) is 0 Å². The quantitative estimate of drug-likeness (QED) is 0.433. The van der Waals surface area contributed by atoms with Crippen LogP contribution < -0.4 is 16.2 Å². The molecule has 11 heteroatoms. The van der Waals surface area contributed by atoms with Crippen LogP contribution >= 0.6 is 0 Å². The van der Waals surface area contributed by atoms with E-state index in [4.69, 9.17) is 0 Å². The van der Waals surface area contributed by atoms with Gasteiger partial charge >= 0.3 is 6.18 Å². The topological polar surface area (TPSA) is 85.9 Å². The van der Waals surface area contributed by atoms with E-state index in [1.165, 1.54) is 10.7 Å². The molecule has 5 rings (SSSR count). The van der Waals surface area contributed by atoms with E-state index in [-0.39, 0.29) is 23.6 Å². The molecule has 4 aromatic rings. The summed E-state index contributed by atoms with van der Waals surface area (Å²) in [6.45, 7) is 1.67. The molecule has 0 saturated carbocycles. The highest BCUT2D eigenvalue weighted by atomic mass is 19.4. The number of para-hydroxylation sites is 1. The SMILES string of the molecule is Cc1c(NC(=O)c2cc3n(n2)C(C(F)(F)F)CC(c2ccccc2)N3)c(=O)n(-c2ccccc2)n1C. The summed E-state index contributed by atoms with van der Waals surface area (Å²) in [5.74, 6) is -0.698. The molecule has 1 aliphatic rings. The minimum Gasteiger partial charge on any atom is -0.363 e. The second-order valence-corrected chi connectivity index (χ2v) is 8.65. The van der Waals surface area contributed by atoms with Crippen LogP contribution in [0.4, 0.5) is 24.7 Å². The van der Waals surface area contributed by atoms with E-state index in [2.05, 4.69) is 15.7 Å². The Morgan fingerprint density at radius 2 is 1.72 bits per heavy atom. The van der Waals surface area contributed by atoms with E-state index >= 15 is 0 Å². The third-order valence-corrected chi connectivity index (χ3v) is 6.42. The number of carbonyl (C=O) groups is 1. The third kappa shape index (κ3) is 4.06. The highest BCUT2D eigenvalue weighted by Gasteiger charge is 2.46. The van der Waals surface area contributed by atoms with Crippen molar-refractivity contribution in [2.24, 2.45) is 7.05 Å². The lowest BCUT2D eigenvalue weighted by Crippen LogP contribution is -2.35. The van der Waals surface area contributed by atoms with Gasteiger partial charge in [0.05, 0.1) is 17.4 Å². The fraction of sp³-hybridized carbons (Fsp3) is 0.240. The molecular weight excluding hydrogens is 473 g/mol. The molecule has 1 amide bonds. The van der Waals surface area contributed by atoms with Gasteiger partial charge in [-0.1, -0.05) is 48.5 Å². The Balaban J connectivity index is 1.47. The lowest BCUT2D eigenvalue weighted by atomic mass is 9.97. The van der Waals surface area contributed by atoms with Gasteiger partial charge in [0.25, 0.3) is 11.5 Å². The third-order valence-electron chi connectivity index (χ3n) is 6.42. The molecule has 2 unspecified atom stereocenters. The number of amides is 1. The van der Waals surface area contributed by atoms with Crippen molar-refractivity contribution < 1.29 is 18.0 Å². The van der Waals surface area contributed by atoms with E-state index in [0.29, 0.717) is 16.9 Å². The highest BCUT2D eigenvalue weighted by Crippen LogP contribution is 2.43. The molecular formula is C25H23F3N6O2. The number of alkyl halides is 3. The van der Waals surface area contributed by atoms with Gasteiger partial charge in [0.15, 0.2) is 11.7 Å². The number of benzene rings is 2. The minimum atomic E-state index is -4.57. The van der Waals surface area contributed by atoms with Gasteiger partial charge in [0, 0.05) is 19.5 Å². The van der Waals surface area contributed by atoms with Crippen molar-refractivity contribution in [1.82, 2.24) is 19.1 Å². The number of halogens is 3. The molecule has 2 aromatic heterocycles. The normalized spacial score (nSPS) is 17.4. The average Bonchev–Trinajstić information content (AvgIpc) is 3.39. The van der Waals surface area contributed by atoms with Crippen LogP contribution in [-0.2, 0) is 7.05 Å². The number of fused-ring (bicyclic) bond motifs is 1. The number of nitrogens with zero attached hydrogens (tertiary/aromatic N) is 4. The summed E-state index contributed by atoms with van der Waals surface area (Å²) in [5, 5.41) is 9.59. The van der Waals surface area contributed by atoms with E-state index in [0.717, 1.165) is 4.68 Å². The largest absolute Gasteiger partial charge is 0.410 e. The van der Waals surface area contributed by atoms with Crippen LogP contribution in [0.3, 0.4) is 0 Å². The first-order chi connectivity index (χ1) is 17.1. The van der Waals surface area contributed by atoms with Gasteiger partial charge in [0.1, 0.15) is 11.5 Å². The monoisotopic (exact) mass is 496 g/mol. The molecule has 0 radical (unpaired) electrons. The van der Waals surface area contributed by atoms with Crippen LogP contribution in [0.1, 0.15) is 40.3 Å². The van der Waals surface area contributed by atoms with Crippen LogP contribution in [0, 0.1) is 6.92 Å². The number of hydrogen-bond acceptors (Lipinski definition) is 4. The van der Waals surface area contributed by atoms with Gasteiger partial charge in [-0.3, -0.25) is 14.3 Å². The standard InChI is InChI=1S/C25H23F3N6O2/c1-15-22(24(36)34(32(15)2)17-11-7-4-8-12-17)30-23(35)19-14-21-29-18(16-9-5-3-6-10-16)13-20(25(26,27)28)33(21)31-19/h3-12,14,18,20,29H,13H2,1-2H3,(H,30,35). The number of aromatic nitrogens is 4. The summed E-state index contributed by atoms with van der Waals surface area (Å²) in [5.41, 5.74) is 1.13. The average molecular weight is 496 g/mol. The number of nitrogens with one attached hydrogen (secondary N) is 2. The Morgan fingerprint density at radius 1 is 1.08 bits per heavy atom. The first-order valence-electron chi connectivity index (χ1n) is 11.3. The van der Waals surface area contributed by atoms with Crippen LogP contribution in [0.15, 0.2) is 71.5 Å². The molecule has 8 nitrogen and oxygen atoms in total. The predicted molar refractivity (Wildman–Crippen MR) is 128 cm³/mol. The molecule has 0 saturated heterocycles. The molecule has 2 aromatic carbocycles. The van der Waals surface area contributed by atoms with Crippen LogP contribution in [0.5, 0.6) is 0 Å². The van der Waals surface area contributed by atoms with E-state index in [1.807, 2.05) is 6.07 Å². The maximum atomic E-state index is 13.9. The van der Waals surface area contributed by atoms with Crippen LogP contribution in [-0.4, -0.2) is 31.2 Å². The van der Waals surface area contributed by atoms with Crippen molar-refractivity contribution in [2.45, 2.75) is 31.6 Å². The molecule has 3 heterocycles. The van der Waals surface area contributed by atoms with Crippen molar-refractivity contribution >= 4 is 17.4 Å². The molecule has 0 aliphatic carbocycles. The maximum Gasteiger partial charge on any atom is 0.410 e. The smallest absolute Gasteiger partial charge is 0.363 e. The summed E-state index contributed by atoms with van der Waals surface area (Å²) in [6.07, 6.45) is -4.84. The Hall–Kier alpha value is -4.28. The molecule has 0 fully saturated rings. The maximum absolute atomic E-state index is 13.9. The Kier molecular flexibility index (Phi) is 5.70. The molecule has 2 atom stereocenters. The number of rotatable bonds is 4. The summed E-state index contributed by atoms with van der Waals surface area (Å²) < 4.78 is 45.6.